The Morgan fingerprint density at radius 1 is 1.35 bits per heavy atom. The number of hydrogen-bond donors (Lipinski definition) is 0. The summed E-state index contributed by atoms with van der Waals surface area (Å²) in [6, 6.07) is 2.98. The van der Waals surface area contributed by atoms with Gasteiger partial charge in [0, 0.05) is 10.9 Å². The van der Waals surface area contributed by atoms with Crippen LogP contribution in [0.5, 0.6) is 5.75 Å². The first-order valence-corrected chi connectivity index (χ1v) is 10.4. The molecule has 0 aliphatic rings. The van der Waals surface area contributed by atoms with E-state index in [0.29, 0.717) is 16.5 Å². The van der Waals surface area contributed by atoms with Crippen molar-refractivity contribution in [3.8, 4) is 5.75 Å². The average Bonchev–Trinajstić information content (AvgIpc) is 2.29. The van der Waals surface area contributed by atoms with Crippen LogP contribution in [0.15, 0.2) is 16.6 Å². The Labute approximate surface area is 130 Å². The molecule has 0 saturated heterocycles. The minimum atomic E-state index is -2.19. The Morgan fingerprint density at radius 3 is 2.35 bits per heavy atom. The van der Waals surface area contributed by atoms with Crippen LogP contribution in [-0.4, -0.2) is 14.1 Å². The second-order valence-electron chi connectivity index (χ2n) is 6.40. The quantitative estimate of drug-likeness (QED) is 0.518. The topological polar surface area (TPSA) is 26.3 Å². The predicted octanol–water partition coefficient (Wildman–Crippen LogP) is 5.56. The van der Waals surface area contributed by atoms with E-state index < -0.39 is 14.1 Å². The van der Waals surface area contributed by atoms with Crippen molar-refractivity contribution in [3.63, 3.8) is 0 Å². The predicted molar refractivity (Wildman–Crippen MR) is 86.5 cm³/mol. The summed E-state index contributed by atoms with van der Waals surface area (Å²) in [5.74, 6) is -0.494. The van der Waals surface area contributed by atoms with E-state index in [2.05, 4.69) is 36.7 Å². The lowest BCUT2D eigenvalue weighted by atomic mass is 10.1. The Hall–Kier alpha value is -0.683. The van der Waals surface area contributed by atoms with E-state index in [1.807, 2.05) is 13.1 Å². The van der Waals surface area contributed by atoms with E-state index >= 15 is 0 Å². The first-order valence-electron chi connectivity index (χ1n) is 6.71. The third-order valence-corrected chi connectivity index (χ3v) is 8.58. The molecule has 20 heavy (non-hydrogen) atoms. The minimum Gasteiger partial charge on any atom is -0.541 e. The summed E-state index contributed by atoms with van der Waals surface area (Å²) >= 11 is 3.23. The number of hydrogen-bond acceptors (Lipinski definition) is 2. The molecule has 0 atom stereocenters. The molecule has 0 heterocycles. The summed E-state index contributed by atoms with van der Waals surface area (Å²) in [5.41, 5.74) is 0.323. The fraction of sp³-hybridized carbons (Fsp3) is 0.533. The van der Waals surface area contributed by atoms with Gasteiger partial charge in [0.05, 0.1) is 5.56 Å². The van der Waals surface area contributed by atoms with Gasteiger partial charge in [-0.25, -0.2) is 4.39 Å². The van der Waals surface area contributed by atoms with Gasteiger partial charge in [-0.3, -0.25) is 4.79 Å². The molecule has 0 unspecified atom stereocenters. The van der Waals surface area contributed by atoms with Crippen LogP contribution >= 0.6 is 15.9 Å². The largest absolute Gasteiger partial charge is 0.541 e. The van der Waals surface area contributed by atoms with E-state index in [1.54, 1.807) is 13.0 Å². The van der Waals surface area contributed by atoms with Crippen molar-refractivity contribution in [1.29, 1.82) is 0 Å². The molecule has 1 rings (SSSR count). The van der Waals surface area contributed by atoms with E-state index in [1.165, 1.54) is 6.07 Å². The van der Waals surface area contributed by atoms with Crippen molar-refractivity contribution < 1.29 is 13.6 Å². The molecule has 0 bridgehead atoms. The molecule has 1 aromatic rings. The molecule has 1 aromatic carbocycles. The Balaban J connectivity index is 3.34. The van der Waals surface area contributed by atoms with Gasteiger partial charge in [0.1, 0.15) is 0 Å². The molecule has 112 valence electrons. The Kier molecular flexibility index (Phi) is 5.19. The average molecular weight is 361 g/mol. The molecule has 0 aliphatic heterocycles. The van der Waals surface area contributed by atoms with Crippen LogP contribution in [-0.2, 0) is 0 Å². The lowest BCUT2D eigenvalue weighted by Gasteiger charge is -2.37. The van der Waals surface area contributed by atoms with E-state index in [0.717, 1.165) is 0 Å². The van der Waals surface area contributed by atoms with Crippen molar-refractivity contribution >= 4 is 30.0 Å². The summed E-state index contributed by atoms with van der Waals surface area (Å²) in [6.45, 7) is 12.1. The van der Waals surface area contributed by atoms with Gasteiger partial charge in [0.25, 0.3) is 8.32 Å². The van der Waals surface area contributed by atoms with Crippen LogP contribution in [0.3, 0.4) is 0 Å². The maximum absolute atomic E-state index is 14.2. The highest BCUT2D eigenvalue weighted by molar-refractivity contribution is 9.10. The third kappa shape index (κ3) is 3.70. The zero-order chi connectivity index (χ0) is 15.7. The van der Waals surface area contributed by atoms with Gasteiger partial charge in [0.15, 0.2) is 17.3 Å². The first-order chi connectivity index (χ1) is 8.99. The molecule has 0 aliphatic carbocycles. The second kappa shape index (κ2) is 5.98. The van der Waals surface area contributed by atoms with Crippen LogP contribution in [0.25, 0.3) is 0 Å². The summed E-state index contributed by atoms with van der Waals surface area (Å²) < 4.78 is 20.8. The fourth-order valence-corrected chi connectivity index (χ4v) is 2.92. The monoisotopic (exact) mass is 360 g/mol. The highest BCUT2D eigenvalue weighted by Crippen LogP contribution is 2.39. The summed E-state index contributed by atoms with van der Waals surface area (Å²) in [7, 11) is -2.19. The summed E-state index contributed by atoms with van der Waals surface area (Å²) in [6.07, 6.45) is 0.323. The van der Waals surface area contributed by atoms with Gasteiger partial charge in [-0.05, 0) is 30.3 Å². The first kappa shape index (κ1) is 17.4. The lowest BCUT2D eigenvalue weighted by molar-refractivity contribution is 0.0985. The van der Waals surface area contributed by atoms with Gasteiger partial charge in [-0.2, -0.15) is 0 Å². The van der Waals surface area contributed by atoms with Crippen molar-refractivity contribution in [3.05, 3.63) is 28.0 Å². The molecule has 0 fully saturated rings. The normalized spacial score (nSPS) is 12.4. The van der Waals surface area contributed by atoms with E-state index in [9.17, 15) is 9.18 Å². The smallest absolute Gasteiger partial charge is 0.250 e. The van der Waals surface area contributed by atoms with E-state index in [4.69, 9.17) is 4.43 Å². The summed E-state index contributed by atoms with van der Waals surface area (Å²) in [4.78, 5) is 12.0. The molecule has 0 aromatic heterocycles. The molecule has 5 heteroatoms. The van der Waals surface area contributed by atoms with Crippen LogP contribution in [0.1, 0.15) is 44.5 Å². The van der Waals surface area contributed by atoms with Crippen molar-refractivity contribution in [2.45, 2.75) is 52.2 Å². The number of Topliss-reactive ketones (excluding diaryl/α,β-unsaturated/α-hetero) is 1. The molecular weight excluding hydrogens is 339 g/mol. The van der Waals surface area contributed by atoms with Crippen LogP contribution in [0, 0.1) is 5.82 Å². The van der Waals surface area contributed by atoms with Crippen LogP contribution in [0.2, 0.25) is 18.1 Å². The van der Waals surface area contributed by atoms with E-state index in [-0.39, 0.29) is 16.6 Å². The molecule has 0 spiro atoms. The second-order valence-corrected chi connectivity index (χ2v) is 12.0. The van der Waals surface area contributed by atoms with Gasteiger partial charge in [-0.15, -0.1) is 0 Å². The van der Waals surface area contributed by atoms with Gasteiger partial charge in [0.2, 0.25) is 0 Å². The zero-order valence-electron chi connectivity index (χ0n) is 12.9. The molecule has 0 saturated carbocycles. The molecule has 0 amide bonds. The van der Waals surface area contributed by atoms with Crippen LogP contribution in [0.4, 0.5) is 4.39 Å². The fourth-order valence-electron chi connectivity index (χ4n) is 1.47. The van der Waals surface area contributed by atoms with Gasteiger partial charge in [-0.1, -0.05) is 43.6 Å². The van der Waals surface area contributed by atoms with Crippen molar-refractivity contribution in [2.24, 2.45) is 0 Å². The SMILES string of the molecule is CCC(=O)c1cc(Br)cc(F)c1O[Si](C)(C)C(C)(C)C. The van der Waals surface area contributed by atoms with Gasteiger partial charge >= 0.3 is 0 Å². The third-order valence-electron chi connectivity index (χ3n) is 3.79. The van der Waals surface area contributed by atoms with Crippen LogP contribution < -0.4 is 4.43 Å². The number of benzene rings is 1. The highest BCUT2D eigenvalue weighted by atomic mass is 79.9. The Morgan fingerprint density at radius 2 is 1.90 bits per heavy atom. The lowest BCUT2D eigenvalue weighted by Crippen LogP contribution is -2.44. The summed E-state index contributed by atoms with van der Waals surface area (Å²) in [5, 5.41) is -0.0565. The number of rotatable bonds is 4. The van der Waals surface area contributed by atoms with Crippen molar-refractivity contribution in [1.82, 2.24) is 0 Å². The zero-order valence-corrected chi connectivity index (χ0v) is 15.5. The standard InChI is InChI=1S/C15H22BrFO2Si/c1-7-13(18)11-8-10(16)9-12(17)14(11)19-20(5,6)15(2,3)4/h8-9H,7H2,1-6H3. The van der Waals surface area contributed by atoms with Gasteiger partial charge < -0.3 is 4.43 Å². The number of halogens is 2. The number of ketones is 1. The maximum atomic E-state index is 14.2. The van der Waals surface area contributed by atoms with Crippen molar-refractivity contribution in [2.75, 3.05) is 0 Å². The number of carbonyl (C=O) groups excluding carboxylic acids is 1. The number of carbonyl (C=O) groups is 1. The Bertz CT molecular complexity index is 521. The molecular formula is C15H22BrFO2Si. The molecule has 0 radical (unpaired) electrons. The molecule has 0 N–H and O–H groups in total. The molecule has 2 nitrogen and oxygen atoms in total. The maximum Gasteiger partial charge on any atom is 0.250 e. The highest BCUT2D eigenvalue weighted by Gasteiger charge is 2.40. The minimum absolute atomic E-state index is 0.0565.